The van der Waals surface area contributed by atoms with Crippen molar-refractivity contribution in [1.29, 1.82) is 0 Å². The summed E-state index contributed by atoms with van der Waals surface area (Å²) in [5.74, 6) is -0.250. The highest BCUT2D eigenvalue weighted by Gasteiger charge is 2.08. The van der Waals surface area contributed by atoms with Gasteiger partial charge in [0.1, 0.15) is 0 Å². The first-order valence-electron chi connectivity index (χ1n) is 6.33. The third-order valence-corrected chi connectivity index (χ3v) is 2.63. The molecule has 0 fully saturated rings. The average Bonchev–Trinajstić information content (AvgIpc) is 2.37. The van der Waals surface area contributed by atoms with Crippen LogP contribution in [0.5, 0.6) is 0 Å². The van der Waals surface area contributed by atoms with E-state index in [-0.39, 0.29) is 17.7 Å². The molecule has 0 heterocycles. The Balaban J connectivity index is 2.52. The monoisotopic (exact) mass is 263 g/mol. The van der Waals surface area contributed by atoms with Crippen molar-refractivity contribution >= 4 is 17.5 Å². The Morgan fingerprint density at radius 3 is 2.16 bits per heavy atom. The van der Waals surface area contributed by atoms with Crippen LogP contribution in [0.4, 0.5) is 5.69 Å². The standard InChI is InChI=1S/C14H21N3O2/c1-9(2)13(18)17-12-6-4-11(5-7-12)8-16-14(19)10(3)15/h4-7,9-10H,8,15H2,1-3H3,(H,16,19)(H,17,18)/t10-/m0/s1. The zero-order valence-electron chi connectivity index (χ0n) is 11.6. The molecule has 0 saturated heterocycles. The number of hydrogen-bond acceptors (Lipinski definition) is 3. The molecule has 0 unspecified atom stereocenters. The summed E-state index contributed by atoms with van der Waals surface area (Å²) < 4.78 is 0. The summed E-state index contributed by atoms with van der Waals surface area (Å²) >= 11 is 0. The van der Waals surface area contributed by atoms with Crippen molar-refractivity contribution in [2.45, 2.75) is 33.4 Å². The van der Waals surface area contributed by atoms with Crippen LogP contribution in [0.15, 0.2) is 24.3 Å². The smallest absolute Gasteiger partial charge is 0.236 e. The average molecular weight is 263 g/mol. The number of amides is 2. The van der Waals surface area contributed by atoms with E-state index in [0.717, 1.165) is 11.3 Å². The summed E-state index contributed by atoms with van der Waals surface area (Å²) in [6.07, 6.45) is 0. The largest absolute Gasteiger partial charge is 0.351 e. The summed E-state index contributed by atoms with van der Waals surface area (Å²) in [5.41, 5.74) is 7.15. The molecule has 5 nitrogen and oxygen atoms in total. The Hall–Kier alpha value is -1.88. The molecule has 104 valence electrons. The number of benzene rings is 1. The molecule has 1 aromatic rings. The van der Waals surface area contributed by atoms with E-state index in [1.165, 1.54) is 0 Å². The molecule has 1 atom stereocenters. The predicted molar refractivity (Wildman–Crippen MR) is 75.4 cm³/mol. The number of rotatable bonds is 5. The van der Waals surface area contributed by atoms with Gasteiger partial charge in [0.15, 0.2) is 0 Å². The lowest BCUT2D eigenvalue weighted by Gasteiger charge is -2.10. The quantitative estimate of drug-likeness (QED) is 0.747. The molecule has 0 aliphatic carbocycles. The minimum Gasteiger partial charge on any atom is -0.351 e. The molecule has 0 spiro atoms. The number of carbonyl (C=O) groups is 2. The second-order valence-electron chi connectivity index (χ2n) is 4.85. The van der Waals surface area contributed by atoms with Gasteiger partial charge in [0, 0.05) is 18.2 Å². The lowest BCUT2D eigenvalue weighted by Crippen LogP contribution is -2.37. The molecule has 0 saturated carbocycles. The maximum Gasteiger partial charge on any atom is 0.236 e. The van der Waals surface area contributed by atoms with E-state index in [0.29, 0.717) is 6.54 Å². The normalized spacial score (nSPS) is 12.1. The van der Waals surface area contributed by atoms with Crippen molar-refractivity contribution in [3.8, 4) is 0 Å². The molecular weight excluding hydrogens is 242 g/mol. The van der Waals surface area contributed by atoms with Gasteiger partial charge in [0.05, 0.1) is 6.04 Å². The Kier molecular flexibility index (Phi) is 5.51. The van der Waals surface area contributed by atoms with Gasteiger partial charge in [-0.1, -0.05) is 26.0 Å². The highest BCUT2D eigenvalue weighted by atomic mass is 16.2. The first-order chi connectivity index (χ1) is 8.90. The van der Waals surface area contributed by atoms with E-state index in [9.17, 15) is 9.59 Å². The second kappa shape index (κ2) is 6.89. The van der Waals surface area contributed by atoms with Crippen molar-refractivity contribution in [2.24, 2.45) is 11.7 Å². The van der Waals surface area contributed by atoms with Crippen LogP contribution in [0.1, 0.15) is 26.3 Å². The van der Waals surface area contributed by atoms with Crippen molar-refractivity contribution < 1.29 is 9.59 Å². The van der Waals surface area contributed by atoms with Crippen molar-refractivity contribution in [2.75, 3.05) is 5.32 Å². The molecule has 0 aromatic heterocycles. The Morgan fingerprint density at radius 1 is 1.11 bits per heavy atom. The highest BCUT2D eigenvalue weighted by molar-refractivity contribution is 5.92. The maximum atomic E-state index is 11.5. The third kappa shape index (κ3) is 5.09. The van der Waals surface area contributed by atoms with E-state index in [1.807, 2.05) is 38.1 Å². The topological polar surface area (TPSA) is 84.2 Å². The van der Waals surface area contributed by atoms with Crippen molar-refractivity contribution in [3.63, 3.8) is 0 Å². The highest BCUT2D eigenvalue weighted by Crippen LogP contribution is 2.10. The number of carbonyl (C=O) groups excluding carboxylic acids is 2. The molecule has 0 aliphatic rings. The number of hydrogen-bond donors (Lipinski definition) is 3. The predicted octanol–water partition coefficient (Wildman–Crippen LogP) is 1.24. The summed E-state index contributed by atoms with van der Waals surface area (Å²) in [4.78, 5) is 22.8. The number of anilines is 1. The van der Waals surface area contributed by atoms with Gasteiger partial charge >= 0.3 is 0 Å². The summed E-state index contributed by atoms with van der Waals surface area (Å²) in [6, 6.07) is 6.83. The first kappa shape index (κ1) is 15.2. The van der Waals surface area contributed by atoms with Crippen LogP contribution in [0, 0.1) is 5.92 Å². The first-order valence-corrected chi connectivity index (χ1v) is 6.33. The lowest BCUT2D eigenvalue weighted by molar-refractivity contribution is -0.122. The molecule has 1 aromatic carbocycles. The molecule has 5 heteroatoms. The van der Waals surface area contributed by atoms with Crippen molar-refractivity contribution in [3.05, 3.63) is 29.8 Å². The minimum absolute atomic E-state index is 0.0157. The molecule has 19 heavy (non-hydrogen) atoms. The van der Waals surface area contributed by atoms with Crippen molar-refractivity contribution in [1.82, 2.24) is 5.32 Å². The summed E-state index contributed by atoms with van der Waals surface area (Å²) in [6.45, 7) is 5.75. The molecule has 1 rings (SSSR count). The van der Waals surface area contributed by atoms with E-state index in [4.69, 9.17) is 5.73 Å². The van der Waals surface area contributed by atoms with Crippen LogP contribution in [0.25, 0.3) is 0 Å². The Labute approximate surface area is 113 Å². The number of nitrogens with one attached hydrogen (secondary N) is 2. The fourth-order valence-electron chi connectivity index (χ4n) is 1.34. The van der Waals surface area contributed by atoms with Gasteiger partial charge in [-0.3, -0.25) is 9.59 Å². The van der Waals surface area contributed by atoms with Gasteiger partial charge < -0.3 is 16.4 Å². The SMILES string of the molecule is CC(C)C(=O)Nc1ccc(CNC(=O)[C@H](C)N)cc1. The molecule has 4 N–H and O–H groups in total. The van der Waals surface area contributed by atoms with Gasteiger partial charge in [0.25, 0.3) is 0 Å². The van der Waals surface area contributed by atoms with Gasteiger partial charge in [0.2, 0.25) is 11.8 Å². The molecular formula is C14H21N3O2. The minimum atomic E-state index is -0.510. The second-order valence-corrected chi connectivity index (χ2v) is 4.85. The van der Waals surface area contributed by atoms with Gasteiger partial charge in [-0.2, -0.15) is 0 Å². The molecule has 0 radical (unpaired) electrons. The van der Waals surface area contributed by atoms with Crippen LogP contribution >= 0.6 is 0 Å². The van der Waals surface area contributed by atoms with E-state index >= 15 is 0 Å². The van der Waals surface area contributed by atoms with Crippen LogP contribution in [-0.4, -0.2) is 17.9 Å². The van der Waals surface area contributed by atoms with Crippen LogP contribution < -0.4 is 16.4 Å². The van der Waals surface area contributed by atoms with Gasteiger partial charge in [-0.25, -0.2) is 0 Å². The molecule has 0 bridgehead atoms. The lowest BCUT2D eigenvalue weighted by atomic mass is 10.1. The molecule has 2 amide bonds. The Morgan fingerprint density at radius 2 is 1.68 bits per heavy atom. The number of nitrogens with two attached hydrogens (primary N) is 1. The summed E-state index contributed by atoms with van der Waals surface area (Å²) in [5, 5.41) is 5.53. The fourth-order valence-corrected chi connectivity index (χ4v) is 1.34. The maximum absolute atomic E-state index is 11.5. The van der Waals surface area contributed by atoms with Gasteiger partial charge in [-0.15, -0.1) is 0 Å². The fraction of sp³-hybridized carbons (Fsp3) is 0.429. The van der Waals surface area contributed by atoms with Crippen LogP contribution in [-0.2, 0) is 16.1 Å². The van der Waals surface area contributed by atoms with E-state index in [1.54, 1.807) is 6.92 Å². The summed E-state index contributed by atoms with van der Waals surface area (Å²) in [7, 11) is 0. The van der Waals surface area contributed by atoms with E-state index in [2.05, 4.69) is 10.6 Å². The zero-order chi connectivity index (χ0) is 14.4. The van der Waals surface area contributed by atoms with Gasteiger partial charge in [-0.05, 0) is 24.6 Å². The third-order valence-electron chi connectivity index (χ3n) is 2.63. The zero-order valence-corrected chi connectivity index (χ0v) is 11.6. The van der Waals surface area contributed by atoms with E-state index < -0.39 is 6.04 Å². The Bertz CT molecular complexity index is 439. The van der Waals surface area contributed by atoms with Crippen LogP contribution in [0.3, 0.4) is 0 Å². The van der Waals surface area contributed by atoms with Crippen LogP contribution in [0.2, 0.25) is 0 Å². The molecule has 0 aliphatic heterocycles.